The molecular weight excluding hydrogens is 641 g/mol. The Morgan fingerprint density at radius 3 is 2.02 bits per heavy atom. The summed E-state index contributed by atoms with van der Waals surface area (Å²) in [5.41, 5.74) is 5.27. The Hall–Kier alpha value is -3.87. The first-order valence-corrected chi connectivity index (χ1v) is 16.3. The Balaban J connectivity index is 1.24. The van der Waals surface area contributed by atoms with Crippen LogP contribution in [0.1, 0.15) is 31.2 Å². The standard InChI is InChI=1S/C34H37Cl2N7O4/c1-19-16-43(18-29(19)44)17-28-34(47-3)42-26(15-39-28)24-9-5-7-22(32(24)36)21-6-4-8-23(31(21)35)25-14-38-27(33(41-25)46-2)13-37-12-20-10-11-30(45)40-20/h4-9,14-15,19-20,29,37,44H,10-13,16-18H2,1-3H3,(H,40,45)/t19-,20-,29-/m0/s1. The van der Waals surface area contributed by atoms with Crippen LogP contribution in [0.2, 0.25) is 10.0 Å². The van der Waals surface area contributed by atoms with E-state index in [1.807, 2.05) is 43.3 Å². The van der Waals surface area contributed by atoms with Gasteiger partial charge in [0.05, 0.1) is 54.2 Å². The SMILES string of the molecule is COc1nc(-c2cccc(-c3cccc(-c4cnc(CN5C[C@H](C)[C@@H](O)C5)c(OC)n4)c3Cl)c2Cl)cnc1CNC[C@@H]1CCC(=O)N1. The highest BCUT2D eigenvalue weighted by Crippen LogP contribution is 2.42. The van der Waals surface area contributed by atoms with E-state index in [9.17, 15) is 9.90 Å². The summed E-state index contributed by atoms with van der Waals surface area (Å²) in [6.45, 7) is 5.01. The van der Waals surface area contributed by atoms with Gasteiger partial charge in [-0.2, -0.15) is 0 Å². The van der Waals surface area contributed by atoms with Gasteiger partial charge in [0.1, 0.15) is 11.4 Å². The molecule has 0 saturated carbocycles. The van der Waals surface area contributed by atoms with Crippen molar-refractivity contribution in [2.75, 3.05) is 33.9 Å². The fraction of sp³-hybridized carbons (Fsp3) is 0.382. The molecular formula is C34H37Cl2N7O4. The number of amides is 1. The number of methoxy groups -OCH3 is 2. The van der Waals surface area contributed by atoms with Crippen molar-refractivity contribution in [1.82, 2.24) is 35.5 Å². The second-order valence-electron chi connectivity index (χ2n) is 11.9. The van der Waals surface area contributed by atoms with Crippen molar-refractivity contribution < 1.29 is 19.4 Å². The van der Waals surface area contributed by atoms with Crippen LogP contribution in [0, 0.1) is 5.92 Å². The van der Waals surface area contributed by atoms with E-state index in [1.54, 1.807) is 26.6 Å². The molecule has 0 unspecified atom stereocenters. The van der Waals surface area contributed by atoms with Gasteiger partial charge < -0.3 is 25.2 Å². The minimum absolute atomic E-state index is 0.0825. The van der Waals surface area contributed by atoms with Gasteiger partial charge >= 0.3 is 0 Å². The molecule has 3 atom stereocenters. The summed E-state index contributed by atoms with van der Waals surface area (Å²) in [5.74, 6) is 1.08. The maximum atomic E-state index is 11.5. The molecule has 2 aliphatic rings. The number of aliphatic hydroxyl groups is 1. The molecule has 2 aliphatic heterocycles. The summed E-state index contributed by atoms with van der Waals surface area (Å²) in [6.07, 6.45) is 4.38. The summed E-state index contributed by atoms with van der Waals surface area (Å²) in [4.78, 5) is 32.4. The highest BCUT2D eigenvalue weighted by molar-refractivity contribution is 6.39. The lowest BCUT2D eigenvalue weighted by molar-refractivity contribution is -0.119. The van der Waals surface area contributed by atoms with Crippen LogP contribution < -0.4 is 20.1 Å². The van der Waals surface area contributed by atoms with E-state index in [2.05, 4.69) is 25.5 Å². The number of aliphatic hydroxyl groups excluding tert-OH is 1. The number of rotatable bonds is 11. The summed E-state index contributed by atoms with van der Waals surface area (Å²) >= 11 is 14.1. The molecule has 2 saturated heterocycles. The van der Waals surface area contributed by atoms with Crippen molar-refractivity contribution >= 4 is 29.1 Å². The predicted molar refractivity (Wildman–Crippen MR) is 180 cm³/mol. The quantitative estimate of drug-likeness (QED) is 0.204. The molecule has 13 heteroatoms. The zero-order valence-corrected chi connectivity index (χ0v) is 28.0. The number of nitrogens with zero attached hydrogens (tertiary/aromatic N) is 5. The Bertz CT molecular complexity index is 1760. The van der Waals surface area contributed by atoms with E-state index in [-0.39, 0.29) is 24.0 Å². The monoisotopic (exact) mass is 677 g/mol. The van der Waals surface area contributed by atoms with Gasteiger partial charge in [-0.25, -0.2) is 9.97 Å². The normalized spacial score (nSPS) is 19.6. The van der Waals surface area contributed by atoms with Crippen molar-refractivity contribution in [1.29, 1.82) is 0 Å². The largest absolute Gasteiger partial charge is 0.480 e. The molecule has 2 aromatic carbocycles. The Morgan fingerprint density at radius 2 is 1.49 bits per heavy atom. The number of hydrogen-bond acceptors (Lipinski definition) is 10. The number of aromatic nitrogens is 4. The fourth-order valence-corrected chi connectivity index (χ4v) is 6.72. The van der Waals surface area contributed by atoms with Crippen LogP contribution >= 0.6 is 23.2 Å². The van der Waals surface area contributed by atoms with E-state index in [0.717, 1.165) is 24.1 Å². The fourth-order valence-electron chi connectivity index (χ4n) is 6.07. The zero-order chi connectivity index (χ0) is 33.1. The van der Waals surface area contributed by atoms with Gasteiger partial charge in [0.25, 0.3) is 0 Å². The highest BCUT2D eigenvalue weighted by Gasteiger charge is 2.29. The number of likely N-dealkylation sites (tertiary alicyclic amines) is 1. The number of halogens is 2. The van der Waals surface area contributed by atoms with E-state index in [0.29, 0.717) is 88.3 Å². The third kappa shape index (κ3) is 7.19. The average molecular weight is 679 g/mol. The first-order valence-electron chi connectivity index (χ1n) is 15.5. The average Bonchev–Trinajstić information content (AvgIpc) is 3.64. The van der Waals surface area contributed by atoms with Crippen LogP contribution in [-0.4, -0.2) is 81.8 Å². The smallest absolute Gasteiger partial charge is 0.237 e. The van der Waals surface area contributed by atoms with Crippen molar-refractivity contribution in [2.45, 2.75) is 45.0 Å². The lowest BCUT2D eigenvalue weighted by Crippen LogP contribution is -2.35. The second-order valence-corrected chi connectivity index (χ2v) is 12.7. The Morgan fingerprint density at radius 1 is 0.915 bits per heavy atom. The van der Waals surface area contributed by atoms with E-state index < -0.39 is 0 Å². The first kappa shape index (κ1) is 33.0. The van der Waals surface area contributed by atoms with E-state index >= 15 is 0 Å². The van der Waals surface area contributed by atoms with Gasteiger partial charge in [0, 0.05) is 67.4 Å². The maximum Gasteiger partial charge on any atom is 0.237 e. The highest BCUT2D eigenvalue weighted by atomic mass is 35.5. The summed E-state index contributed by atoms with van der Waals surface area (Å²) in [6, 6.07) is 11.5. The minimum atomic E-state index is -0.352. The Kier molecular flexibility index (Phi) is 10.2. The maximum absolute atomic E-state index is 11.5. The topological polar surface area (TPSA) is 135 Å². The van der Waals surface area contributed by atoms with Gasteiger partial charge in [-0.3, -0.25) is 19.7 Å². The molecule has 0 radical (unpaired) electrons. The van der Waals surface area contributed by atoms with Gasteiger partial charge in [-0.1, -0.05) is 66.5 Å². The number of ether oxygens (including phenoxy) is 2. The number of nitrogens with one attached hydrogen (secondary N) is 2. The number of benzene rings is 2. The second kappa shape index (κ2) is 14.5. The number of hydrogen-bond donors (Lipinski definition) is 3. The number of carbonyl (C=O) groups is 1. The van der Waals surface area contributed by atoms with Crippen molar-refractivity contribution in [3.8, 4) is 45.4 Å². The molecule has 1 amide bonds. The minimum Gasteiger partial charge on any atom is -0.480 e. The van der Waals surface area contributed by atoms with Crippen molar-refractivity contribution in [3.05, 3.63) is 70.2 Å². The third-order valence-electron chi connectivity index (χ3n) is 8.64. The van der Waals surface area contributed by atoms with Crippen LogP contribution in [-0.2, 0) is 17.9 Å². The molecule has 0 spiro atoms. The third-order valence-corrected chi connectivity index (χ3v) is 9.45. The lowest BCUT2D eigenvalue weighted by atomic mass is 9.98. The van der Waals surface area contributed by atoms with Crippen LogP contribution in [0.4, 0.5) is 0 Å². The molecule has 246 valence electrons. The van der Waals surface area contributed by atoms with Crippen LogP contribution in [0.3, 0.4) is 0 Å². The van der Waals surface area contributed by atoms with Crippen LogP contribution in [0.15, 0.2) is 48.8 Å². The van der Waals surface area contributed by atoms with Crippen LogP contribution in [0.5, 0.6) is 11.8 Å². The van der Waals surface area contributed by atoms with E-state index in [1.165, 1.54) is 0 Å². The van der Waals surface area contributed by atoms with Crippen molar-refractivity contribution in [2.24, 2.45) is 5.92 Å². The molecule has 4 heterocycles. The zero-order valence-electron chi connectivity index (χ0n) is 26.5. The molecule has 3 N–H and O–H groups in total. The first-order chi connectivity index (χ1) is 22.7. The summed E-state index contributed by atoms with van der Waals surface area (Å²) < 4.78 is 11.2. The summed E-state index contributed by atoms with van der Waals surface area (Å²) in [7, 11) is 3.12. The van der Waals surface area contributed by atoms with E-state index in [4.69, 9.17) is 42.6 Å². The van der Waals surface area contributed by atoms with Gasteiger partial charge in [-0.15, -0.1) is 0 Å². The molecule has 4 aromatic rings. The van der Waals surface area contributed by atoms with Gasteiger partial charge in [0.15, 0.2) is 0 Å². The van der Waals surface area contributed by atoms with Gasteiger partial charge in [-0.05, 0) is 12.3 Å². The molecule has 0 bridgehead atoms. The molecule has 6 rings (SSSR count). The van der Waals surface area contributed by atoms with Crippen LogP contribution in [0.25, 0.3) is 33.6 Å². The van der Waals surface area contributed by atoms with Crippen molar-refractivity contribution in [3.63, 3.8) is 0 Å². The number of carbonyl (C=O) groups excluding carboxylic acids is 1. The van der Waals surface area contributed by atoms with Gasteiger partial charge in [0.2, 0.25) is 17.7 Å². The molecule has 11 nitrogen and oxygen atoms in total. The Labute approximate surface area is 283 Å². The predicted octanol–water partition coefficient (Wildman–Crippen LogP) is 4.77. The number of β-amino-alcohol motifs (C(OH)–C–C–N with tert-alkyl or cyclic N) is 1. The molecule has 2 aromatic heterocycles. The molecule has 47 heavy (non-hydrogen) atoms. The summed E-state index contributed by atoms with van der Waals surface area (Å²) in [5, 5.41) is 17.4. The molecule has 2 fully saturated rings. The lowest BCUT2D eigenvalue weighted by Gasteiger charge is -2.17. The molecule has 0 aliphatic carbocycles.